The van der Waals surface area contributed by atoms with Crippen LogP contribution in [0.4, 0.5) is 4.39 Å². The molecule has 3 atom stereocenters. The van der Waals surface area contributed by atoms with Crippen LogP contribution in [0, 0.1) is 0 Å². The van der Waals surface area contributed by atoms with Gasteiger partial charge in [-0.2, -0.15) is 0 Å². The zero-order chi connectivity index (χ0) is 14.1. The summed E-state index contributed by atoms with van der Waals surface area (Å²) in [7, 11) is 1.09. The maximum absolute atomic E-state index is 13.7. The van der Waals surface area contributed by atoms with Crippen molar-refractivity contribution in [2.75, 3.05) is 7.11 Å². The zero-order valence-electron chi connectivity index (χ0n) is 11.5. The van der Waals surface area contributed by atoms with Crippen molar-refractivity contribution in [2.24, 2.45) is 0 Å². The largest absolute Gasteiger partial charge is 0.495 e. The van der Waals surface area contributed by atoms with Crippen molar-refractivity contribution in [2.45, 2.75) is 25.2 Å². The first-order valence-electron chi connectivity index (χ1n) is 6.67. The van der Waals surface area contributed by atoms with Gasteiger partial charge in [-0.3, -0.25) is 0 Å². The van der Waals surface area contributed by atoms with E-state index in [1.54, 1.807) is 13.2 Å². The monoisotopic (exact) mass is 274 g/mol. The summed E-state index contributed by atoms with van der Waals surface area (Å²) >= 11 is 0. The molecule has 3 nitrogen and oxygen atoms in total. The van der Waals surface area contributed by atoms with Gasteiger partial charge in [0, 0.05) is 7.11 Å². The third kappa shape index (κ3) is 2.33. The van der Waals surface area contributed by atoms with E-state index in [1.807, 2.05) is 37.3 Å². The number of methoxy groups -OCH3 is 1. The fraction of sp³-hybridized carbons (Fsp3) is 0.333. The molecule has 0 bridgehead atoms. The lowest BCUT2D eigenvalue weighted by atomic mass is 9.75. The highest BCUT2D eigenvalue weighted by Gasteiger charge is 2.43. The van der Waals surface area contributed by atoms with E-state index in [2.05, 4.69) is 0 Å². The Bertz CT molecular complexity index is 558. The van der Waals surface area contributed by atoms with Gasteiger partial charge in [0.2, 0.25) is 0 Å². The Morgan fingerprint density at radius 1 is 1.30 bits per heavy atom. The molecular weight excluding hydrogens is 258 g/mol. The van der Waals surface area contributed by atoms with Crippen molar-refractivity contribution >= 4 is 12.6 Å². The van der Waals surface area contributed by atoms with Crippen LogP contribution in [0.1, 0.15) is 18.6 Å². The first-order valence-corrected chi connectivity index (χ1v) is 6.67. The van der Waals surface area contributed by atoms with E-state index in [-0.39, 0.29) is 18.0 Å². The molecule has 0 N–H and O–H groups in total. The molecule has 0 radical (unpaired) electrons. The molecule has 1 aromatic rings. The van der Waals surface area contributed by atoms with E-state index in [0.29, 0.717) is 0 Å². The molecule has 1 heterocycles. The molecule has 1 aromatic carbocycles. The summed E-state index contributed by atoms with van der Waals surface area (Å²) in [6.45, 7) is 1.96. The van der Waals surface area contributed by atoms with Crippen LogP contribution in [0.3, 0.4) is 0 Å². The molecule has 5 heteroatoms. The molecule has 0 amide bonds. The standard InChI is InChI=1S/C15H16BFO3/c1-10(18-2)11-6-3-4-7-12(11)16-19-14-9-5-8-13(17)15(14)20-16/h3-10,14-15H,1-2H3/t10-,14+,15-/m1/s1. The lowest BCUT2D eigenvalue weighted by molar-refractivity contribution is 0.120. The van der Waals surface area contributed by atoms with Crippen molar-refractivity contribution in [3.8, 4) is 0 Å². The van der Waals surface area contributed by atoms with Crippen molar-refractivity contribution in [3.05, 3.63) is 53.9 Å². The van der Waals surface area contributed by atoms with Crippen LogP contribution >= 0.6 is 0 Å². The van der Waals surface area contributed by atoms with Crippen LogP contribution in [-0.2, 0) is 14.0 Å². The molecule has 1 fully saturated rings. The summed E-state index contributed by atoms with van der Waals surface area (Å²) in [5.74, 6) is -0.294. The molecule has 1 aliphatic carbocycles. The molecule has 0 unspecified atom stereocenters. The minimum atomic E-state index is -0.643. The van der Waals surface area contributed by atoms with Crippen molar-refractivity contribution in [1.82, 2.24) is 0 Å². The average molecular weight is 274 g/mol. The van der Waals surface area contributed by atoms with Gasteiger partial charge in [-0.15, -0.1) is 0 Å². The quantitative estimate of drug-likeness (QED) is 0.791. The topological polar surface area (TPSA) is 27.7 Å². The number of halogens is 1. The van der Waals surface area contributed by atoms with Crippen molar-refractivity contribution in [3.63, 3.8) is 0 Å². The molecule has 2 aliphatic rings. The highest BCUT2D eigenvalue weighted by Crippen LogP contribution is 2.28. The molecule has 104 valence electrons. The van der Waals surface area contributed by atoms with E-state index < -0.39 is 13.2 Å². The number of rotatable bonds is 3. The zero-order valence-corrected chi connectivity index (χ0v) is 11.5. The van der Waals surface area contributed by atoms with E-state index in [0.717, 1.165) is 11.0 Å². The van der Waals surface area contributed by atoms with Crippen LogP contribution in [0.2, 0.25) is 0 Å². The van der Waals surface area contributed by atoms with Crippen LogP contribution < -0.4 is 5.46 Å². The highest BCUT2D eigenvalue weighted by molar-refractivity contribution is 6.62. The van der Waals surface area contributed by atoms with Crippen LogP contribution in [-0.4, -0.2) is 26.4 Å². The average Bonchev–Trinajstić information content (AvgIpc) is 2.92. The minimum absolute atomic E-state index is 0.0723. The Morgan fingerprint density at radius 2 is 2.10 bits per heavy atom. The second-order valence-corrected chi connectivity index (χ2v) is 4.93. The summed E-state index contributed by atoms with van der Waals surface area (Å²) in [6.07, 6.45) is 3.81. The van der Waals surface area contributed by atoms with Crippen LogP contribution in [0.15, 0.2) is 48.3 Å². The third-order valence-corrected chi connectivity index (χ3v) is 3.72. The van der Waals surface area contributed by atoms with Gasteiger partial charge in [0.25, 0.3) is 0 Å². The molecule has 0 saturated carbocycles. The molecule has 0 aromatic heterocycles. The van der Waals surface area contributed by atoms with E-state index in [4.69, 9.17) is 14.0 Å². The van der Waals surface area contributed by atoms with Gasteiger partial charge in [0.1, 0.15) is 11.9 Å². The van der Waals surface area contributed by atoms with Gasteiger partial charge >= 0.3 is 7.12 Å². The lowest BCUT2D eigenvalue weighted by Gasteiger charge is -2.16. The second kappa shape index (κ2) is 5.52. The van der Waals surface area contributed by atoms with Gasteiger partial charge in [-0.05, 0) is 24.0 Å². The number of hydrogen-bond donors (Lipinski definition) is 0. The van der Waals surface area contributed by atoms with Gasteiger partial charge in [-0.1, -0.05) is 36.4 Å². The summed E-state index contributed by atoms with van der Waals surface area (Å²) in [6, 6.07) is 7.76. The summed E-state index contributed by atoms with van der Waals surface area (Å²) in [5, 5.41) is 0. The molecule has 3 rings (SSSR count). The Labute approximate surface area is 118 Å². The second-order valence-electron chi connectivity index (χ2n) is 4.93. The van der Waals surface area contributed by atoms with E-state index in [9.17, 15) is 4.39 Å². The molecular formula is C15H16BFO3. The summed E-state index contributed by atoms with van der Waals surface area (Å²) in [4.78, 5) is 0. The highest BCUT2D eigenvalue weighted by atomic mass is 19.1. The Balaban J connectivity index is 1.88. The Kier molecular flexibility index (Phi) is 3.74. The van der Waals surface area contributed by atoms with Gasteiger partial charge in [-0.25, -0.2) is 4.39 Å². The molecule has 0 spiro atoms. The minimum Gasteiger partial charge on any atom is -0.398 e. The number of allylic oxidation sites excluding steroid dienone is 2. The summed E-state index contributed by atoms with van der Waals surface area (Å²) < 4.78 is 30.6. The van der Waals surface area contributed by atoms with Crippen molar-refractivity contribution in [1.29, 1.82) is 0 Å². The first-order chi connectivity index (χ1) is 9.70. The first kappa shape index (κ1) is 13.6. The number of fused-ring (bicyclic) bond motifs is 1. The predicted octanol–water partition coefficient (Wildman–Crippen LogP) is 2.30. The number of benzene rings is 1. The van der Waals surface area contributed by atoms with Crippen LogP contribution in [0.25, 0.3) is 0 Å². The summed E-state index contributed by atoms with van der Waals surface area (Å²) in [5.41, 5.74) is 1.88. The van der Waals surface area contributed by atoms with E-state index in [1.165, 1.54) is 6.08 Å². The van der Waals surface area contributed by atoms with Gasteiger partial charge in [0.05, 0.1) is 12.2 Å². The molecule has 20 heavy (non-hydrogen) atoms. The molecule has 1 saturated heterocycles. The predicted molar refractivity (Wildman–Crippen MR) is 75.3 cm³/mol. The van der Waals surface area contributed by atoms with Crippen LogP contribution in [0.5, 0.6) is 0 Å². The normalized spacial score (nSPS) is 26.4. The fourth-order valence-electron chi connectivity index (χ4n) is 2.55. The fourth-order valence-corrected chi connectivity index (χ4v) is 2.55. The Morgan fingerprint density at radius 3 is 2.85 bits per heavy atom. The lowest BCUT2D eigenvalue weighted by Crippen LogP contribution is -2.36. The van der Waals surface area contributed by atoms with Gasteiger partial charge < -0.3 is 14.0 Å². The molecule has 1 aliphatic heterocycles. The van der Waals surface area contributed by atoms with Gasteiger partial charge in [0.15, 0.2) is 0 Å². The Hall–Kier alpha value is -1.43. The van der Waals surface area contributed by atoms with Crippen molar-refractivity contribution < 1.29 is 18.4 Å². The smallest absolute Gasteiger partial charge is 0.398 e. The SMILES string of the molecule is CO[C@H](C)c1ccccc1B1O[C@H]2C=CC=C(F)[C@H]2O1. The number of hydrogen-bond acceptors (Lipinski definition) is 3. The maximum atomic E-state index is 13.7. The number of ether oxygens (including phenoxy) is 1. The van der Waals surface area contributed by atoms with E-state index >= 15 is 0 Å². The maximum Gasteiger partial charge on any atom is 0.495 e. The third-order valence-electron chi connectivity index (χ3n) is 3.72.